The van der Waals surface area contributed by atoms with E-state index >= 15 is 0 Å². The average molecular weight is 488 g/mol. The van der Waals surface area contributed by atoms with Crippen LogP contribution >= 0.6 is 0 Å². The Kier molecular flexibility index (Phi) is 8.98. The van der Waals surface area contributed by atoms with Gasteiger partial charge in [-0.3, -0.25) is 4.79 Å². The predicted molar refractivity (Wildman–Crippen MR) is 140 cm³/mol. The number of hydrogen-bond acceptors (Lipinski definition) is 3. The van der Waals surface area contributed by atoms with Gasteiger partial charge in [0.1, 0.15) is 5.69 Å². The van der Waals surface area contributed by atoms with E-state index < -0.39 is 5.97 Å². The molecule has 0 radical (unpaired) electrons. The number of aromatic nitrogens is 1. The van der Waals surface area contributed by atoms with E-state index in [0.29, 0.717) is 18.2 Å². The number of aryl methyl sites for hydroxylation is 1. The Labute approximate surface area is 235 Å². The first-order valence-electron chi connectivity index (χ1n) is 12.3. The molecular weight excluding hydrogens is 457 g/mol. The van der Waals surface area contributed by atoms with Crippen LogP contribution in [0.25, 0.3) is 28.2 Å². The summed E-state index contributed by atoms with van der Waals surface area (Å²) >= 11 is 0. The number of aliphatic carboxylic acids is 1. The van der Waals surface area contributed by atoms with Crippen molar-refractivity contribution in [1.82, 2.24) is 4.98 Å². The Hall–Kier alpha value is -2.92. The zero-order valence-electron chi connectivity index (χ0n) is 21.7. The molecular formula is C31H30NNaO3. The van der Waals surface area contributed by atoms with Crippen LogP contribution in [0.2, 0.25) is 0 Å². The number of oxazole rings is 1. The Bertz CT molecular complexity index is 1280. The summed E-state index contributed by atoms with van der Waals surface area (Å²) in [4.78, 5) is 16.0. The molecule has 5 heteroatoms. The van der Waals surface area contributed by atoms with E-state index in [-0.39, 0.29) is 37.4 Å². The van der Waals surface area contributed by atoms with Crippen LogP contribution in [-0.4, -0.2) is 16.1 Å². The van der Waals surface area contributed by atoms with Gasteiger partial charge in [0, 0.05) is 23.1 Å². The minimum atomic E-state index is -0.764. The average Bonchev–Trinajstić information content (AvgIpc) is 3.34. The first-order valence-corrected chi connectivity index (χ1v) is 12.3. The molecule has 0 amide bonds. The molecule has 3 aromatic carbocycles. The van der Waals surface area contributed by atoms with Crippen molar-refractivity contribution in [3.63, 3.8) is 0 Å². The summed E-state index contributed by atoms with van der Waals surface area (Å²) in [6.07, 6.45) is 7.12. The fraction of sp³-hybridized carbons (Fsp3) is 0.226. The molecule has 1 aromatic heterocycles. The molecule has 1 unspecified atom stereocenters. The van der Waals surface area contributed by atoms with Gasteiger partial charge in [-0.2, -0.15) is 0 Å². The topological polar surface area (TPSA) is 63.3 Å². The van der Waals surface area contributed by atoms with Gasteiger partial charge in [0.15, 0.2) is 5.76 Å². The fourth-order valence-electron chi connectivity index (χ4n) is 4.89. The number of nitrogens with zero attached hydrogens (tertiary/aromatic N) is 1. The van der Waals surface area contributed by atoms with E-state index in [1.54, 1.807) is 0 Å². The van der Waals surface area contributed by atoms with Crippen molar-refractivity contribution < 1.29 is 45.3 Å². The van der Waals surface area contributed by atoms with Gasteiger partial charge in [-0.1, -0.05) is 91.0 Å². The van der Waals surface area contributed by atoms with Crippen LogP contribution in [0.3, 0.4) is 0 Å². The third-order valence-electron chi connectivity index (χ3n) is 6.62. The maximum atomic E-state index is 11.0. The number of benzene rings is 3. The molecule has 1 aliphatic carbocycles. The Morgan fingerprint density at radius 3 is 2.36 bits per heavy atom. The molecule has 1 N–H and O–H groups in total. The van der Waals surface area contributed by atoms with E-state index in [0.717, 1.165) is 53.8 Å². The zero-order chi connectivity index (χ0) is 24.0. The predicted octanol–water partition coefficient (Wildman–Crippen LogP) is 4.57. The van der Waals surface area contributed by atoms with Crippen molar-refractivity contribution >= 4 is 11.5 Å². The van der Waals surface area contributed by atoms with Crippen LogP contribution in [0.15, 0.2) is 95.4 Å². The van der Waals surface area contributed by atoms with Crippen LogP contribution in [-0.2, 0) is 17.6 Å². The van der Waals surface area contributed by atoms with Gasteiger partial charge < -0.3 is 11.0 Å². The van der Waals surface area contributed by atoms with Gasteiger partial charge in [0.2, 0.25) is 5.89 Å². The van der Waals surface area contributed by atoms with Gasteiger partial charge in [0.05, 0.1) is 0 Å². The summed E-state index contributed by atoms with van der Waals surface area (Å²) in [5, 5.41) is 9.03. The molecule has 0 fully saturated rings. The zero-order valence-corrected chi connectivity index (χ0v) is 22.7. The van der Waals surface area contributed by atoms with Crippen LogP contribution in [0.4, 0.5) is 0 Å². The smallest absolute Gasteiger partial charge is 1.00 e. The molecule has 4 aromatic rings. The largest absolute Gasteiger partial charge is 1.00 e. The number of hydrogen-bond donors (Lipinski definition) is 1. The molecule has 0 saturated heterocycles. The van der Waals surface area contributed by atoms with Crippen molar-refractivity contribution in [2.75, 3.05) is 0 Å². The number of rotatable bonds is 8. The van der Waals surface area contributed by atoms with Crippen molar-refractivity contribution in [3.05, 3.63) is 108 Å². The Balaban J connectivity index is 0.00000190. The van der Waals surface area contributed by atoms with Crippen molar-refractivity contribution in [1.29, 1.82) is 0 Å². The van der Waals surface area contributed by atoms with Crippen LogP contribution in [0.5, 0.6) is 0 Å². The van der Waals surface area contributed by atoms with Crippen LogP contribution in [0, 0.1) is 5.92 Å². The van der Waals surface area contributed by atoms with Gasteiger partial charge in [-0.15, -0.1) is 0 Å². The second kappa shape index (κ2) is 12.4. The number of allylic oxidation sites excluding steroid dienone is 2. The molecule has 5 rings (SSSR count). The van der Waals surface area contributed by atoms with Crippen LogP contribution < -0.4 is 29.6 Å². The maximum Gasteiger partial charge on any atom is 1.00 e. The summed E-state index contributed by atoms with van der Waals surface area (Å²) in [6.45, 7) is 0. The van der Waals surface area contributed by atoms with Gasteiger partial charge >= 0.3 is 35.5 Å². The summed E-state index contributed by atoms with van der Waals surface area (Å²) in [7, 11) is 0. The molecule has 178 valence electrons. The summed E-state index contributed by atoms with van der Waals surface area (Å²) in [5.74, 6) is 1.05. The van der Waals surface area contributed by atoms with Gasteiger partial charge in [-0.05, 0) is 49.1 Å². The summed E-state index contributed by atoms with van der Waals surface area (Å²) < 4.78 is 6.51. The molecule has 36 heavy (non-hydrogen) atoms. The quantitative estimate of drug-likeness (QED) is 0.370. The first kappa shape index (κ1) is 26.2. The molecule has 0 aliphatic heterocycles. The van der Waals surface area contributed by atoms with Gasteiger partial charge in [0.25, 0.3) is 0 Å². The van der Waals surface area contributed by atoms with E-state index in [1.807, 2.05) is 48.5 Å². The molecule has 1 heterocycles. The van der Waals surface area contributed by atoms with Crippen molar-refractivity contribution in [3.8, 4) is 22.6 Å². The second-order valence-electron chi connectivity index (χ2n) is 9.13. The monoisotopic (exact) mass is 487 g/mol. The molecule has 1 atom stereocenters. The van der Waals surface area contributed by atoms with Crippen molar-refractivity contribution in [2.45, 2.75) is 38.5 Å². The van der Waals surface area contributed by atoms with Crippen LogP contribution in [0.1, 0.15) is 44.1 Å². The molecule has 1 aliphatic rings. The normalized spacial score (nSPS) is 15.1. The van der Waals surface area contributed by atoms with Gasteiger partial charge in [-0.25, -0.2) is 4.98 Å². The minimum absolute atomic E-state index is 0. The molecule has 0 saturated carbocycles. The van der Waals surface area contributed by atoms with E-state index in [1.165, 1.54) is 11.1 Å². The summed E-state index contributed by atoms with van der Waals surface area (Å²) in [5.41, 5.74) is 6.40. The molecule has 0 spiro atoms. The Morgan fingerprint density at radius 1 is 0.944 bits per heavy atom. The first-order chi connectivity index (χ1) is 17.2. The minimum Gasteiger partial charge on any atom is -1.00 e. The molecule has 4 nitrogen and oxygen atoms in total. The number of carboxylic acid groups (broad SMARTS) is 1. The van der Waals surface area contributed by atoms with E-state index in [4.69, 9.17) is 14.5 Å². The molecule has 0 bridgehead atoms. The maximum absolute atomic E-state index is 11.0. The standard InChI is InChI=1S/C31H29NO3.Na.H/c33-28(34)19-18-22-10-9-11-23(20-22)21-26-16-7-8-17-27(26)31-32-29(24-12-3-1-4-13-24)30(35-31)25-14-5-2-6-15-25;;/h1-6,9-15,17,20,26H,7-8,16,18-19,21H2,(H,33,34);;/q;+1;-1. The second-order valence-corrected chi connectivity index (χ2v) is 9.13. The SMILES string of the molecule is O=C(O)CCc1cccc(CC2CCCC=C2c2nc(-c3ccccc3)c(-c3ccccc3)o2)c1.[H-].[Na+]. The number of carbonyl (C=O) groups is 1. The van der Waals surface area contributed by atoms with E-state index in [2.05, 4.69) is 42.5 Å². The third kappa shape index (κ3) is 6.25. The Morgan fingerprint density at radius 2 is 1.64 bits per heavy atom. The number of carboxylic acids is 1. The fourth-order valence-corrected chi connectivity index (χ4v) is 4.89. The van der Waals surface area contributed by atoms with E-state index in [9.17, 15) is 4.79 Å². The van der Waals surface area contributed by atoms with Crippen molar-refractivity contribution in [2.24, 2.45) is 5.92 Å². The summed E-state index contributed by atoms with van der Waals surface area (Å²) in [6, 6.07) is 28.7. The third-order valence-corrected chi connectivity index (χ3v) is 6.62.